The van der Waals surface area contributed by atoms with Gasteiger partial charge in [-0.3, -0.25) is 0 Å². The van der Waals surface area contributed by atoms with Crippen LogP contribution in [0.5, 0.6) is 0 Å². The fourth-order valence-corrected chi connectivity index (χ4v) is 5.78. The molecule has 1 heterocycles. The standard InChI is InChI=1S/C20H33N3O3S.ClH/c1-3-23(4-2)27(24,25)17-10-8-16(9-11-17)14-22-19-7-5-6-18(19)20-15-26-13-12-21-20;/h8-11,18-22H,3-7,12-15H2,1-2H3;1H. The van der Waals surface area contributed by atoms with Gasteiger partial charge in [-0.05, 0) is 36.5 Å². The van der Waals surface area contributed by atoms with E-state index in [1.807, 2.05) is 26.0 Å². The zero-order chi connectivity index (χ0) is 19.3. The van der Waals surface area contributed by atoms with Gasteiger partial charge in [0.2, 0.25) is 10.0 Å². The molecule has 0 radical (unpaired) electrons. The largest absolute Gasteiger partial charge is 0.379 e. The van der Waals surface area contributed by atoms with Crippen LogP contribution in [-0.2, 0) is 21.3 Å². The maximum atomic E-state index is 12.6. The molecule has 1 aromatic rings. The lowest BCUT2D eigenvalue weighted by Gasteiger charge is -2.33. The van der Waals surface area contributed by atoms with Crippen molar-refractivity contribution in [3.05, 3.63) is 29.8 Å². The highest BCUT2D eigenvalue weighted by Crippen LogP contribution is 2.29. The molecule has 6 nitrogen and oxygen atoms in total. The third-order valence-corrected chi connectivity index (χ3v) is 7.94. The molecule has 28 heavy (non-hydrogen) atoms. The van der Waals surface area contributed by atoms with Crippen LogP contribution in [0, 0.1) is 5.92 Å². The molecule has 2 aliphatic rings. The summed E-state index contributed by atoms with van der Waals surface area (Å²) in [4.78, 5) is 0.372. The van der Waals surface area contributed by atoms with Gasteiger partial charge >= 0.3 is 0 Å². The van der Waals surface area contributed by atoms with Crippen LogP contribution in [0.25, 0.3) is 0 Å². The molecule has 0 bridgehead atoms. The number of benzene rings is 1. The number of morpholine rings is 1. The third-order valence-electron chi connectivity index (χ3n) is 5.87. The van der Waals surface area contributed by atoms with E-state index >= 15 is 0 Å². The molecule has 160 valence electrons. The molecule has 0 amide bonds. The molecule has 1 aliphatic heterocycles. The van der Waals surface area contributed by atoms with Gasteiger partial charge in [0, 0.05) is 38.3 Å². The average Bonchev–Trinajstić information content (AvgIpc) is 3.17. The van der Waals surface area contributed by atoms with Crippen LogP contribution in [-0.4, -0.2) is 57.7 Å². The van der Waals surface area contributed by atoms with Gasteiger partial charge in [-0.1, -0.05) is 32.4 Å². The molecule has 2 fully saturated rings. The molecule has 0 spiro atoms. The zero-order valence-corrected chi connectivity index (χ0v) is 18.5. The Morgan fingerprint density at radius 2 is 1.89 bits per heavy atom. The first-order chi connectivity index (χ1) is 13.1. The smallest absolute Gasteiger partial charge is 0.243 e. The van der Waals surface area contributed by atoms with E-state index in [4.69, 9.17) is 4.74 Å². The lowest BCUT2D eigenvalue weighted by Crippen LogP contribution is -2.50. The van der Waals surface area contributed by atoms with Crippen molar-refractivity contribution in [3.63, 3.8) is 0 Å². The highest BCUT2D eigenvalue weighted by Gasteiger charge is 2.34. The Hall–Kier alpha value is -0.700. The van der Waals surface area contributed by atoms with Gasteiger partial charge in [-0.25, -0.2) is 8.42 Å². The fourth-order valence-electron chi connectivity index (χ4n) is 4.33. The van der Waals surface area contributed by atoms with Crippen LogP contribution in [0.1, 0.15) is 38.7 Å². The van der Waals surface area contributed by atoms with Crippen molar-refractivity contribution in [3.8, 4) is 0 Å². The van der Waals surface area contributed by atoms with E-state index in [1.54, 1.807) is 12.1 Å². The van der Waals surface area contributed by atoms with E-state index in [0.717, 1.165) is 31.9 Å². The molecule has 3 unspecified atom stereocenters. The van der Waals surface area contributed by atoms with Gasteiger partial charge in [-0.2, -0.15) is 4.31 Å². The summed E-state index contributed by atoms with van der Waals surface area (Å²) in [6.07, 6.45) is 3.68. The summed E-state index contributed by atoms with van der Waals surface area (Å²) >= 11 is 0. The SMILES string of the molecule is CCN(CC)S(=O)(=O)c1ccc(CNC2CCCC2C2COCCN2)cc1.Cl. The average molecular weight is 432 g/mol. The van der Waals surface area contributed by atoms with E-state index < -0.39 is 10.0 Å². The molecule has 0 aromatic heterocycles. The predicted octanol–water partition coefficient (Wildman–Crippen LogP) is 2.39. The Morgan fingerprint density at radius 3 is 2.50 bits per heavy atom. The monoisotopic (exact) mass is 431 g/mol. The van der Waals surface area contributed by atoms with E-state index in [-0.39, 0.29) is 12.4 Å². The van der Waals surface area contributed by atoms with Gasteiger partial charge < -0.3 is 15.4 Å². The summed E-state index contributed by atoms with van der Waals surface area (Å²) in [5.41, 5.74) is 1.12. The lowest BCUT2D eigenvalue weighted by molar-refractivity contribution is 0.0524. The van der Waals surface area contributed by atoms with Crippen molar-refractivity contribution in [2.45, 2.75) is 56.6 Å². The number of nitrogens with one attached hydrogen (secondary N) is 2. The minimum atomic E-state index is -3.38. The number of hydrogen-bond acceptors (Lipinski definition) is 5. The molecule has 1 aromatic carbocycles. The quantitative estimate of drug-likeness (QED) is 0.661. The topological polar surface area (TPSA) is 70.7 Å². The van der Waals surface area contributed by atoms with Crippen LogP contribution in [0.4, 0.5) is 0 Å². The molecule has 1 aliphatic carbocycles. The zero-order valence-electron chi connectivity index (χ0n) is 16.9. The molecule has 1 saturated carbocycles. The first kappa shape index (κ1) is 23.6. The Morgan fingerprint density at radius 1 is 1.18 bits per heavy atom. The molecule has 3 rings (SSSR count). The van der Waals surface area contributed by atoms with Gasteiger partial charge in [0.15, 0.2) is 0 Å². The van der Waals surface area contributed by atoms with Crippen LogP contribution in [0.3, 0.4) is 0 Å². The van der Waals surface area contributed by atoms with E-state index in [9.17, 15) is 8.42 Å². The van der Waals surface area contributed by atoms with Crippen LogP contribution in [0.2, 0.25) is 0 Å². The Kier molecular flexibility index (Phi) is 9.18. The number of ether oxygens (including phenoxy) is 1. The lowest BCUT2D eigenvalue weighted by atomic mass is 9.94. The summed E-state index contributed by atoms with van der Waals surface area (Å²) in [6, 6.07) is 8.24. The van der Waals surface area contributed by atoms with E-state index in [2.05, 4.69) is 10.6 Å². The predicted molar refractivity (Wildman–Crippen MR) is 114 cm³/mol. The fraction of sp³-hybridized carbons (Fsp3) is 0.700. The highest BCUT2D eigenvalue weighted by molar-refractivity contribution is 7.89. The number of rotatable bonds is 8. The summed E-state index contributed by atoms with van der Waals surface area (Å²) in [5, 5.41) is 7.29. The van der Waals surface area contributed by atoms with E-state index in [1.165, 1.54) is 23.6 Å². The Bertz CT molecular complexity index is 689. The van der Waals surface area contributed by atoms with Crippen molar-refractivity contribution in [2.24, 2.45) is 5.92 Å². The molecule has 1 saturated heterocycles. The van der Waals surface area contributed by atoms with Gasteiger partial charge in [-0.15, -0.1) is 12.4 Å². The van der Waals surface area contributed by atoms with Crippen LogP contribution >= 0.6 is 12.4 Å². The Balaban J connectivity index is 0.00000280. The number of hydrogen-bond donors (Lipinski definition) is 2. The number of halogens is 1. The second-order valence-corrected chi connectivity index (χ2v) is 9.39. The maximum absolute atomic E-state index is 12.6. The normalized spacial score (nSPS) is 25.6. The van der Waals surface area contributed by atoms with Crippen molar-refractivity contribution >= 4 is 22.4 Å². The molecule has 2 N–H and O–H groups in total. The number of nitrogens with zero attached hydrogens (tertiary/aromatic N) is 1. The summed E-state index contributed by atoms with van der Waals surface area (Å²) in [7, 11) is -3.38. The van der Waals surface area contributed by atoms with Gasteiger partial charge in [0.05, 0.1) is 18.1 Å². The van der Waals surface area contributed by atoms with Crippen LogP contribution in [0.15, 0.2) is 29.2 Å². The number of sulfonamides is 1. The maximum Gasteiger partial charge on any atom is 0.243 e. The minimum Gasteiger partial charge on any atom is -0.379 e. The summed E-state index contributed by atoms with van der Waals surface area (Å²) < 4.78 is 32.3. The van der Waals surface area contributed by atoms with Crippen molar-refractivity contribution in [1.29, 1.82) is 0 Å². The third kappa shape index (κ3) is 5.46. The van der Waals surface area contributed by atoms with Crippen molar-refractivity contribution in [1.82, 2.24) is 14.9 Å². The first-order valence-electron chi connectivity index (χ1n) is 10.2. The van der Waals surface area contributed by atoms with Crippen LogP contribution < -0.4 is 10.6 Å². The molecule has 3 atom stereocenters. The summed E-state index contributed by atoms with van der Waals surface area (Å²) in [6.45, 7) is 8.03. The second-order valence-electron chi connectivity index (χ2n) is 7.45. The molecule has 8 heteroatoms. The first-order valence-corrected chi connectivity index (χ1v) is 11.6. The van der Waals surface area contributed by atoms with Gasteiger partial charge in [0.25, 0.3) is 0 Å². The van der Waals surface area contributed by atoms with Crippen molar-refractivity contribution in [2.75, 3.05) is 32.8 Å². The van der Waals surface area contributed by atoms with Gasteiger partial charge in [0.1, 0.15) is 0 Å². The second kappa shape index (κ2) is 10.9. The Labute approximate surface area is 175 Å². The molecular formula is C20H34ClN3O3S. The van der Waals surface area contributed by atoms with Crippen molar-refractivity contribution < 1.29 is 13.2 Å². The summed E-state index contributed by atoms with van der Waals surface area (Å²) in [5.74, 6) is 0.604. The van der Waals surface area contributed by atoms with E-state index in [0.29, 0.717) is 36.0 Å². The highest BCUT2D eigenvalue weighted by atomic mass is 35.5. The molecular weight excluding hydrogens is 398 g/mol. The minimum absolute atomic E-state index is 0.